The first-order valence-corrected chi connectivity index (χ1v) is 11.1. The van der Waals surface area contributed by atoms with Crippen molar-refractivity contribution in [3.63, 3.8) is 0 Å². The maximum Gasteiger partial charge on any atom is 0.233 e. The van der Waals surface area contributed by atoms with E-state index in [1.807, 2.05) is 59.5 Å². The first-order chi connectivity index (χ1) is 15.3. The summed E-state index contributed by atoms with van der Waals surface area (Å²) in [6, 6.07) is 17.4. The molecule has 0 atom stereocenters. The van der Waals surface area contributed by atoms with E-state index < -0.39 is 0 Å². The van der Waals surface area contributed by atoms with Gasteiger partial charge in [-0.2, -0.15) is 0 Å². The fourth-order valence-corrected chi connectivity index (χ4v) is 4.54. The lowest BCUT2D eigenvalue weighted by atomic mass is 10.2. The number of rotatable bonds is 5. The Kier molecular flexibility index (Phi) is 5.54. The number of carbonyl (C=O) groups excluding carboxylic acids is 1. The molecule has 8 heteroatoms. The molecule has 4 aromatic rings. The highest BCUT2D eigenvalue weighted by atomic mass is 32.2. The van der Waals surface area contributed by atoms with Gasteiger partial charge in [0.25, 0.3) is 0 Å². The number of piperazine rings is 1. The van der Waals surface area contributed by atoms with Crippen LogP contribution in [-0.4, -0.2) is 57.7 Å². The summed E-state index contributed by atoms with van der Waals surface area (Å²) in [5, 5.41) is 1.73. The lowest BCUT2D eigenvalue weighted by Gasteiger charge is -2.35. The molecule has 31 heavy (non-hydrogen) atoms. The van der Waals surface area contributed by atoms with Crippen LogP contribution < -0.4 is 4.90 Å². The second-order valence-corrected chi connectivity index (χ2v) is 8.16. The topological polar surface area (TPSA) is 75.4 Å². The highest BCUT2D eigenvalue weighted by Gasteiger charge is 2.22. The number of nitrogens with zero attached hydrogens (tertiary/aromatic N) is 5. The van der Waals surface area contributed by atoms with Crippen molar-refractivity contribution in [3.05, 3.63) is 67.1 Å². The summed E-state index contributed by atoms with van der Waals surface area (Å²) in [6.07, 6.45) is 3.40. The van der Waals surface area contributed by atoms with E-state index in [1.54, 1.807) is 12.5 Å². The number of hydrogen-bond acceptors (Lipinski definition) is 7. The van der Waals surface area contributed by atoms with E-state index in [2.05, 4.69) is 19.9 Å². The molecule has 7 nitrogen and oxygen atoms in total. The Morgan fingerprint density at radius 1 is 0.968 bits per heavy atom. The van der Waals surface area contributed by atoms with E-state index in [9.17, 15) is 4.79 Å². The van der Waals surface area contributed by atoms with Crippen LogP contribution in [-0.2, 0) is 4.79 Å². The quantitative estimate of drug-likeness (QED) is 0.352. The van der Waals surface area contributed by atoms with Crippen LogP contribution in [0.4, 0.5) is 5.82 Å². The van der Waals surface area contributed by atoms with Crippen molar-refractivity contribution in [1.82, 2.24) is 19.9 Å². The molecule has 0 bridgehead atoms. The van der Waals surface area contributed by atoms with Crippen LogP contribution in [0.3, 0.4) is 0 Å². The molecule has 4 heterocycles. The maximum atomic E-state index is 12.9. The van der Waals surface area contributed by atoms with E-state index in [1.165, 1.54) is 11.8 Å². The minimum atomic E-state index is 0.118. The first-order valence-electron chi connectivity index (χ1n) is 10.2. The van der Waals surface area contributed by atoms with Crippen molar-refractivity contribution in [2.24, 2.45) is 0 Å². The van der Waals surface area contributed by atoms with Gasteiger partial charge in [0, 0.05) is 37.8 Å². The number of thioether (sulfide) groups is 1. The molecule has 156 valence electrons. The van der Waals surface area contributed by atoms with Crippen molar-refractivity contribution in [2.75, 3.05) is 36.8 Å². The third kappa shape index (κ3) is 4.25. The zero-order chi connectivity index (χ0) is 21.0. The summed E-state index contributed by atoms with van der Waals surface area (Å²) in [6.45, 7) is 2.95. The number of pyridine rings is 1. The number of para-hydroxylation sites is 1. The fourth-order valence-electron chi connectivity index (χ4n) is 3.62. The Balaban J connectivity index is 1.27. The zero-order valence-electron chi connectivity index (χ0n) is 16.8. The summed E-state index contributed by atoms with van der Waals surface area (Å²) >= 11 is 1.45. The number of fused-ring (bicyclic) bond motifs is 1. The minimum Gasteiger partial charge on any atom is -0.461 e. The highest BCUT2D eigenvalue weighted by Crippen LogP contribution is 2.29. The average molecular weight is 432 g/mol. The molecule has 1 aliphatic rings. The molecule has 0 unspecified atom stereocenters. The second-order valence-electron chi connectivity index (χ2n) is 7.19. The number of carbonyl (C=O) groups is 1. The number of benzene rings is 1. The lowest BCUT2D eigenvalue weighted by molar-refractivity contribution is -0.128. The van der Waals surface area contributed by atoms with Gasteiger partial charge in [0.2, 0.25) is 5.91 Å². The number of hydrogen-bond donors (Lipinski definition) is 0. The smallest absolute Gasteiger partial charge is 0.233 e. The predicted octanol–water partition coefficient (Wildman–Crippen LogP) is 3.73. The Hall–Kier alpha value is -3.39. The van der Waals surface area contributed by atoms with E-state index in [0.29, 0.717) is 30.4 Å². The van der Waals surface area contributed by atoms with Crippen LogP contribution in [0.2, 0.25) is 0 Å². The molecule has 0 N–H and O–H groups in total. The van der Waals surface area contributed by atoms with E-state index in [4.69, 9.17) is 4.42 Å². The predicted molar refractivity (Wildman–Crippen MR) is 121 cm³/mol. The number of furan rings is 1. The molecule has 0 saturated carbocycles. The largest absolute Gasteiger partial charge is 0.461 e. The van der Waals surface area contributed by atoms with E-state index in [-0.39, 0.29) is 5.91 Å². The monoisotopic (exact) mass is 431 g/mol. The van der Waals surface area contributed by atoms with E-state index >= 15 is 0 Å². The van der Waals surface area contributed by atoms with Gasteiger partial charge in [-0.15, -0.1) is 0 Å². The summed E-state index contributed by atoms with van der Waals surface area (Å²) in [4.78, 5) is 30.7. The molecule has 1 aromatic carbocycles. The van der Waals surface area contributed by atoms with E-state index in [0.717, 1.165) is 34.8 Å². The van der Waals surface area contributed by atoms with Crippen LogP contribution in [0.1, 0.15) is 0 Å². The van der Waals surface area contributed by atoms with Crippen LogP contribution in [0.25, 0.3) is 22.5 Å². The van der Waals surface area contributed by atoms with Gasteiger partial charge in [0.1, 0.15) is 10.8 Å². The van der Waals surface area contributed by atoms with Crippen molar-refractivity contribution in [3.8, 4) is 11.6 Å². The van der Waals surface area contributed by atoms with Gasteiger partial charge in [0.05, 0.1) is 17.5 Å². The summed E-state index contributed by atoms with van der Waals surface area (Å²) < 4.78 is 5.47. The number of anilines is 1. The summed E-state index contributed by atoms with van der Waals surface area (Å²) in [5.74, 6) is 2.56. The number of amides is 1. The lowest BCUT2D eigenvalue weighted by Crippen LogP contribution is -2.49. The van der Waals surface area contributed by atoms with Crippen LogP contribution in [0.15, 0.2) is 76.5 Å². The Morgan fingerprint density at radius 3 is 2.58 bits per heavy atom. The molecule has 0 radical (unpaired) electrons. The highest BCUT2D eigenvalue weighted by molar-refractivity contribution is 8.00. The van der Waals surface area contributed by atoms with Crippen LogP contribution in [0.5, 0.6) is 0 Å². The summed E-state index contributed by atoms with van der Waals surface area (Å²) in [5.41, 5.74) is 0.836. The molecule has 1 aliphatic heterocycles. The third-order valence-corrected chi connectivity index (χ3v) is 6.22. The molecule has 5 rings (SSSR count). The minimum absolute atomic E-state index is 0.118. The van der Waals surface area contributed by atoms with Gasteiger partial charge in [-0.3, -0.25) is 4.79 Å². The average Bonchev–Trinajstić information content (AvgIpc) is 3.38. The molecule has 0 spiro atoms. The van der Waals surface area contributed by atoms with Gasteiger partial charge >= 0.3 is 0 Å². The van der Waals surface area contributed by atoms with Crippen LogP contribution >= 0.6 is 11.8 Å². The molecular weight excluding hydrogens is 410 g/mol. The third-order valence-electron chi connectivity index (χ3n) is 5.25. The van der Waals surface area contributed by atoms with Crippen LogP contribution in [0, 0.1) is 0 Å². The van der Waals surface area contributed by atoms with Gasteiger partial charge < -0.3 is 14.2 Å². The van der Waals surface area contributed by atoms with Gasteiger partial charge in [0.15, 0.2) is 11.6 Å². The molecule has 0 aliphatic carbocycles. The molecule has 3 aromatic heterocycles. The molecule has 1 fully saturated rings. The van der Waals surface area contributed by atoms with Gasteiger partial charge in [-0.1, -0.05) is 36.0 Å². The van der Waals surface area contributed by atoms with Gasteiger partial charge in [-0.25, -0.2) is 15.0 Å². The summed E-state index contributed by atoms with van der Waals surface area (Å²) in [7, 11) is 0. The zero-order valence-corrected chi connectivity index (χ0v) is 17.7. The first kappa shape index (κ1) is 19.6. The van der Waals surface area contributed by atoms with Crippen molar-refractivity contribution in [1.29, 1.82) is 0 Å². The Morgan fingerprint density at radius 2 is 1.81 bits per heavy atom. The fraction of sp³-hybridized carbons (Fsp3) is 0.217. The molecule has 1 amide bonds. The second kappa shape index (κ2) is 8.77. The number of aromatic nitrogens is 3. The van der Waals surface area contributed by atoms with Crippen molar-refractivity contribution >= 4 is 34.4 Å². The Labute approximate surface area is 184 Å². The standard InChI is InChI=1S/C23H21N5O2S/c29-21(28-13-11-27(12-14-28)20-9-3-4-10-24-20)16-31-23-17-6-1-2-7-18(17)25-22(26-23)19-8-5-15-30-19/h1-10,15H,11-14,16H2. The van der Waals surface area contributed by atoms with Crippen molar-refractivity contribution in [2.45, 2.75) is 5.03 Å². The Bertz CT molecular complexity index is 1180. The molecule has 1 saturated heterocycles. The molecular formula is C23H21N5O2S. The van der Waals surface area contributed by atoms with Crippen molar-refractivity contribution < 1.29 is 9.21 Å². The maximum absolute atomic E-state index is 12.9. The van der Waals surface area contributed by atoms with Gasteiger partial charge in [-0.05, 0) is 30.3 Å². The normalized spacial score (nSPS) is 14.2. The SMILES string of the molecule is O=C(CSc1nc(-c2ccco2)nc2ccccc12)N1CCN(c2ccccn2)CC1.